The first kappa shape index (κ1) is 32.6. The monoisotopic (exact) mass is 639 g/mol. The summed E-state index contributed by atoms with van der Waals surface area (Å²) in [6.07, 6.45) is -0.145. The van der Waals surface area contributed by atoms with Crippen LogP contribution in [0.15, 0.2) is 113 Å². The second-order valence-electron chi connectivity index (χ2n) is 10.6. The molecule has 1 aliphatic heterocycles. The number of halogens is 1. The quantitative estimate of drug-likeness (QED) is 0.0622. The Morgan fingerprint density at radius 2 is 1.78 bits per heavy atom. The van der Waals surface area contributed by atoms with Gasteiger partial charge in [-0.05, 0) is 58.6 Å². The van der Waals surface area contributed by atoms with E-state index in [9.17, 15) is 14.7 Å². The number of rotatable bonds is 15. The lowest BCUT2D eigenvalue weighted by Crippen LogP contribution is -2.50. The fourth-order valence-corrected chi connectivity index (χ4v) is 5.99. The molecule has 0 aromatic heterocycles. The summed E-state index contributed by atoms with van der Waals surface area (Å²) >= 11 is 1.63. The summed E-state index contributed by atoms with van der Waals surface area (Å²) in [5.74, 6) is 1.65. The number of aliphatic hydroxyl groups excluding tert-OH is 1. The topological polar surface area (TPSA) is 129 Å². The maximum absolute atomic E-state index is 14.4. The zero-order valence-electron chi connectivity index (χ0n) is 25.1. The van der Waals surface area contributed by atoms with Crippen LogP contribution in [0.5, 0.6) is 5.75 Å². The summed E-state index contributed by atoms with van der Waals surface area (Å²) < 4.78 is 25.5. The van der Waals surface area contributed by atoms with Crippen molar-refractivity contribution in [2.75, 3.05) is 25.5 Å². The number of hydrogen-bond donors (Lipinski definition) is 2. The van der Waals surface area contributed by atoms with Crippen LogP contribution in [0, 0.1) is 5.82 Å². The first-order valence-corrected chi connectivity index (χ1v) is 16.1. The Hall–Kier alpha value is -4.83. The van der Waals surface area contributed by atoms with Crippen molar-refractivity contribution in [3.05, 3.63) is 142 Å². The van der Waals surface area contributed by atoms with E-state index in [1.165, 1.54) is 12.1 Å². The third-order valence-electron chi connectivity index (χ3n) is 7.45. The number of nitrogens with zero attached hydrogens (tertiary/aromatic N) is 4. The SMILES string of the molecule is [N-]=[N+]=Nc1ccccc1C[C@@]1(C(=O)NCCSCc2ccc(F)cc2)N=C(c2ccc(OCCCO)cc2)O[C@@H]1c1ccccc1. The van der Waals surface area contributed by atoms with E-state index in [1.807, 2.05) is 54.6 Å². The maximum Gasteiger partial charge on any atom is 0.252 e. The molecule has 9 nitrogen and oxygen atoms in total. The minimum atomic E-state index is -1.43. The van der Waals surface area contributed by atoms with Gasteiger partial charge in [-0.15, -0.1) is 0 Å². The van der Waals surface area contributed by atoms with E-state index in [-0.39, 0.29) is 24.8 Å². The lowest BCUT2D eigenvalue weighted by Gasteiger charge is -2.31. The van der Waals surface area contributed by atoms with Gasteiger partial charge in [0.1, 0.15) is 11.6 Å². The highest BCUT2D eigenvalue weighted by Crippen LogP contribution is 2.43. The molecule has 46 heavy (non-hydrogen) atoms. The average Bonchev–Trinajstić information content (AvgIpc) is 3.47. The van der Waals surface area contributed by atoms with E-state index in [1.54, 1.807) is 48.2 Å². The third kappa shape index (κ3) is 8.06. The summed E-state index contributed by atoms with van der Waals surface area (Å²) in [5.41, 5.74) is 11.3. The molecule has 1 heterocycles. The number of hydrogen-bond acceptors (Lipinski definition) is 7. The minimum Gasteiger partial charge on any atom is -0.494 e. The van der Waals surface area contributed by atoms with Crippen LogP contribution in [0.25, 0.3) is 10.4 Å². The van der Waals surface area contributed by atoms with Gasteiger partial charge >= 0.3 is 0 Å². The van der Waals surface area contributed by atoms with E-state index < -0.39 is 11.6 Å². The Balaban J connectivity index is 1.46. The molecule has 4 aromatic carbocycles. The van der Waals surface area contributed by atoms with Crippen molar-refractivity contribution in [2.24, 2.45) is 10.1 Å². The fourth-order valence-electron chi connectivity index (χ4n) is 5.17. The second-order valence-corrected chi connectivity index (χ2v) is 11.7. The van der Waals surface area contributed by atoms with Gasteiger partial charge in [0.15, 0.2) is 11.6 Å². The summed E-state index contributed by atoms with van der Waals surface area (Å²) in [4.78, 5) is 22.4. The Bertz CT molecular complexity index is 1680. The Morgan fingerprint density at radius 3 is 2.52 bits per heavy atom. The van der Waals surface area contributed by atoms with Crippen molar-refractivity contribution >= 4 is 29.3 Å². The summed E-state index contributed by atoms with van der Waals surface area (Å²) in [7, 11) is 0. The molecule has 0 saturated heterocycles. The van der Waals surface area contributed by atoms with Crippen molar-refractivity contribution in [3.8, 4) is 5.75 Å². The molecule has 1 amide bonds. The standard InChI is InChI=1S/C35H34FN5O4S/c36-29-15-11-25(12-16-29)24-46-22-19-38-34(43)35(23-28-9-4-5-10-31(28)40-41-37)32(26-7-2-1-3-8-26)45-33(39-35)27-13-17-30(18-14-27)44-21-6-20-42/h1-5,7-18,32,42H,6,19-24H2,(H,38,43)/t32-,35-/m1/s1. The first-order valence-electron chi connectivity index (χ1n) is 14.9. The molecule has 0 fully saturated rings. The average molecular weight is 640 g/mol. The minimum absolute atomic E-state index is 0.0451. The highest BCUT2D eigenvalue weighted by molar-refractivity contribution is 7.98. The number of azide groups is 1. The van der Waals surface area contributed by atoms with Crippen LogP contribution in [0.4, 0.5) is 10.1 Å². The van der Waals surface area contributed by atoms with Gasteiger partial charge in [0.2, 0.25) is 5.90 Å². The summed E-state index contributed by atoms with van der Waals surface area (Å²) in [5, 5.41) is 16.0. The molecule has 0 aliphatic carbocycles. The van der Waals surface area contributed by atoms with Crippen molar-refractivity contribution in [1.82, 2.24) is 5.32 Å². The number of thioether (sulfide) groups is 1. The second kappa shape index (κ2) is 15.9. The van der Waals surface area contributed by atoms with Crippen LogP contribution in [0.3, 0.4) is 0 Å². The van der Waals surface area contributed by atoms with E-state index in [0.717, 1.165) is 11.1 Å². The Morgan fingerprint density at radius 1 is 1.04 bits per heavy atom. The number of aliphatic imine (C=N–C) groups is 1. The van der Waals surface area contributed by atoms with Crippen molar-refractivity contribution < 1.29 is 23.8 Å². The maximum atomic E-state index is 14.4. The molecular formula is C35H34FN5O4S. The van der Waals surface area contributed by atoms with Crippen molar-refractivity contribution in [2.45, 2.75) is 30.2 Å². The molecule has 4 aromatic rings. The third-order valence-corrected chi connectivity index (χ3v) is 8.48. The lowest BCUT2D eigenvalue weighted by atomic mass is 9.81. The number of amides is 1. The molecule has 0 unspecified atom stereocenters. The molecular weight excluding hydrogens is 605 g/mol. The molecule has 0 saturated carbocycles. The molecule has 236 valence electrons. The predicted molar refractivity (Wildman–Crippen MR) is 178 cm³/mol. The van der Waals surface area contributed by atoms with Gasteiger partial charge in [-0.3, -0.25) is 4.79 Å². The van der Waals surface area contributed by atoms with E-state index in [2.05, 4.69) is 15.3 Å². The number of carbonyl (C=O) groups excluding carboxylic acids is 1. The van der Waals surface area contributed by atoms with Crippen LogP contribution in [-0.4, -0.2) is 48.0 Å². The smallest absolute Gasteiger partial charge is 0.252 e. The lowest BCUT2D eigenvalue weighted by molar-refractivity contribution is -0.128. The zero-order valence-corrected chi connectivity index (χ0v) is 25.9. The zero-order chi connectivity index (χ0) is 32.2. The van der Waals surface area contributed by atoms with Crippen molar-refractivity contribution in [1.29, 1.82) is 0 Å². The van der Waals surface area contributed by atoms with Crippen LogP contribution in [-0.2, 0) is 21.7 Å². The van der Waals surface area contributed by atoms with Gasteiger partial charge in [-0.2, -0.15) is 11.8 Å². The molecule has 11 heteroatoms. The molecule has 2 atom stereocenters. The molecule has 1 aliphatic rings. The Kier molecular flexibility index (Phi) is 11.3. The number of carbonyl (C=O) groups is 1. The van der Waals surface area contributed by atoms with E-state index in [0.29, 0.717) is 59.5 Å². The highest BCUT2D eigenvalue weighted by atomic mass is 32.2. The largest absolute Gasteiger partial charge is 0.494 e. The molecule has 5 rings (SSSR count). The van der Waals surface area contributed by atoms with Crippen LogP contribution >= 0.6 is 11.8 Å². The number of benzene rings is 4. The summed E-state index contributed by atoms with van der Waals surface area (Å²) in [6, 6.07) is 30.2. The van der Waals surface area contributed by atoms with Crippen LogP contribution in [0.2, 0.25) is 0 Å². The van der Waals surface area contributed by atoms with Crippen LogP contribution < -0.4 is 10.1 Å². The molecule has 0 radical (unpaired) electrons. The van der Waals surface area contributed by atoms with Crippen molar-refractivity contribution in [3.63, 3.8) is 0 Å². The molecule has 0 spiro atoms. The van der Waals surface area contributed by atoms with E-state index >= 15 is 0 Å². The fraction of sp³-hybridized carbons (Fsp3) is 0.257. The van der Waals surface area contributed by atoms with Gasteiger partial charge < -0.3 is 19.9 Å². The first-order chi connectivity index (χ1) is 22.5. The molecule has 2 N–H and O–H groups in total. The van der Waals surface area contributed by atoms with Gasteiger partial charge in [0, 0.05) is 53.7 Å². The van der Waals surface area contributed by atoms with E-state index in [4.69, 9.17) is 19.6 Å². The Labute approximate surface area is 271 Å². The van der Waals surface area contributed by atoms with Gasteiger partial charge in [-0.25, -0.2) is 9.38 Å². The van der Waals surface area contributed by atoms with Gasteiger partial charge in [0.25, 0.3) is 5.91 Å². The van der Waals surface area contributed by atoms with Crippen LogP contribution in [0.1, 0.15) is 34.8 Å². The summed E-state index contributed by atoms with van der Waals surface area (Å²) in [6.45, 7) is 0.805. The van der Waals surface area contributed by atoms with Gasteiger partial charge in [-0.1, -0.05) is 71.8 Å². The number of nitrogens with one attached hydrogen (secondary N) is 1. The normalized spacial score (nSPS) is 17.0. The number of ether oxygens (including phenoxy) is 2. The predicted octanol–water partition coefficient (Wildman–Crippen LogP) is 7.08. The number of aliphatic hydroxyl groups is 1. The molecule has 0 bridgehead atoms. The van der Waals surface area contributed by atoms with Gasteiger partial charge in [0.05, 0.1) is 6.61 Å². The highest BCUT2D eigenvalue weighted by Gasteiger charge is 2.53.